The zero-order valence-corrected chi connectivity index (χ0v) is 11.1. The van der Waals surface area contributed by atoms with E-state index < -0.39 is 11.2 Å². The van der Waals surface area contributed by atoms with Gasteiger partial charge >= 0.3 is 5.69 Å². The molecule has 0 atom stereocenters. The first kappa shape index (κ1) is 12.6. The summed E-state index contributed by atoms with van der Waals surface area (Å²) in [6.45, 7) is 4.53. The molecule has 1 aromatic rings. The number of aromatic nitrogens is 2. The molecule has 1 rings (SSSR count). The van der Waals surface area contributed by atoms with Crippen molar-refractivity contribution in [2.24, 2.45) is 5.41 Å². The summed E-state index contributed by atoms with van der Waals surface area (Å²) in [4.78, 5) is 24.8. The van der Waals surface area contributed by atoms with E-state index in [9.17, 15) is 9.59 Å². The van der Waals surface area contributed by atoms with E-state index >= 15 is 0 Å². The van der Waals surface area contributed by atoms with Crippen molar-refractivity contribution >= 4 is 28.6 Å². The van der Waals surface area contributed by atoms with Gasteiger partial charge in [-0.05, 0) is 27.1 Å². The molecule has 0 amide bonds. The molecule has 0 spiro atoms. The summed E-state index contributed by atoms with van der Waals surface area (Å²) < 4.78 is 1.83. The summed E-state index contributed by atoms with van der Waals surface area (Å²) in [5, 5.41) is 0. The average molecular weight is 293 g/mol. The lowest BCUT2D eigenvalue weighted by atomic mass is 9.96. The Morgan fingerprint density at radius 1 is 1.53 bits per heavy atom. The Morgan fingerprint density at radius 2 is 2.13 bits per heavy atom. The maximum atomic E-state index is 11.4. The molecule has 0 saturated heterocycles. The topological polar surface area (TPSA) is 54.9 Å². The maximum Gasteiger partial charge on any atom is 0.328 e. The zero-order valence-electron chi connectivity index (χ0n) is 8.58. The van der Waals surface area contributed by atoms with Crippen LogP contribution in [0.1, 0.15) is 13.8 Å². The van der Waals surface area contributed by atoms with Crippen molar-refractivity contribution in [3.8, 4) is 0 Å². The van der Waals surface area contributed by atoms with E-state index in [1.807, 2.05) is 13.8 Å². The molecule has 1 aromatic heterocycles. The van der Waals surface area contributed by atoms with E-state index in [1.165, 1.54) is 10.8 Å². The highest BCUT2D eigenvalue weighted by atomic mass is 79.9. The van der Waals surface area contributed by atoms with E-state index in [1.54, 1.807) is 0 Å². The number of halogens is 1. The van der Waals surface area contributed by atoms with Crippen molar-refractivity contribution < 1.29 is 0 Å². The van der Waals surface area contributed by atoms with E-state index in [2.05, 4.69) is 33.5 Å². The molecule has 0 bridgehead atoms. The number of aromatic amines is 1. The Hall–Kier alpha value is -0.490. The van der Waals surface area contributed by atoms with E-state index in [0.717, 1.165) is 0 Å². The molecule has 15 heavy (non-hydrogen) atoms. The number of rotatable bonds is 3. The van der Waals surface area contributed by atoms with Crippen molar-refractivity contribution in [3.63, 3.8) is 0 Å². The molecule has 0 fully saturated rings. The minimum Gasteiger partial charge on any atom is -0.299 e. The Kier molecular flexibility index (Phi) is 3.83. The molecule has 84 valence electrons. The van der Waals surface area contributed by atoms with Gasteiger partial charge in [0.2, 0.25) is 0 Å². The van der Waals surface area contributed by atoms with Crippen LogP contribution in [0.3, 0.4) is 0 Å². The zero-order chi connectivity index (χ0) is 11.6. The summed E-state index contributed by atoms with van der Waals surface area (Å²) in [5.74, 6) is 0.663. The number of hydrogen-bond donors (Lipinski definition) is 2. The van der Waals surface area contributed by atoms with Crippen molar-refractivity contribution in [2.75, 3.05) is 5.75 Å². The van der Waals surface area contributed by atoms with Crippen LogP contribution < -0.4 is 11.2 Å². The first-order chi connectivity index (χ1) is 6.85. The lowest BCUT2D eigenvalue weighted by molar-refractivity contribution is 0.343. The molecule has 0 unspecified atom stereocenters. The highest BCUT2D eigenvalue weighted by Crippen LogP contribution is 2.18. The van der Waals surface area contributed by atoms with Crippen LogP contribution in [0, 0.1) is 5.41 Å². The molecule has 6 heteroatoms. The van der Waals surface area contributed by atoms with Gasteiger partial charge in [0.1, 0.15) is 0 Å². The molecular weight excluding hydrogens is 280 g/mol. The summed E-state index contributed by atoms with van der Waals surface area (Å²) >= 11 is 7.30. The molecule has 0 aliphatic rings. The Labute approximate surface area is 101 Å². The van der Waals surface area contributed by atoms with Crippen molar-refractivity contribution in [1.82, 2.24) is 9.55 Å². The number of hydrogen-bond acceptors (Lipinski definition) is 3. The third kappa shape index (κ3) is 3.24. The predicted octanol–water partition coefficient (Wildman–Crippen LogP) is 1.26. The van der Waals surface area contributed by atoms with Gasteiger partial charge in [-0.3, -0.25) is 14.3 Å². The number of nitrogens with zero attached hydrogens (tertiary/aromatic N) is 1. The standard InChI is InChI=1S/C9H13BrN2O2S/c1-9(2,5-15)4-12-3-6(10)7(13)11-8(12)14/h3,15H,4-5H2,1-2H3,(H,11,13,14). The second-order valence-corrected chi connectivity index (χ2v) is 5.36. The van der Waals surface area contributed by atoms with Crippen LogP contribution >= 0.6 is 28.6 Å². The van der Waals surface area contributed by atoms with Crippen molar-refractivity contribution in [3.05, 3.63) is 31.5 Å². The largest absolute Gasteiger partial charge is 0.328 e. The number of nitrogens with one attached hydrogen (secondary N) is 1. The predicted molar refractivity (Wildman–Crippen MR) is 66.7 cm³/mol. The Morgan fingerprint density at radius 3 is 2.67 bits per heavy atom. The highest BCUT2D eigenvalue weighted by molar-refractivity contribution is 9.10. The van der Waals surface area contributed by atoms with Gasteiger partial charge in [-0.15, -0.1) is 0 Å². The molecular formula is C9H13BrN2O2S. The summed E-state index contributed by atoms with van der Waals surface area (Å²) in [6, 6.07) is 0. The monoisotopic (exact) mass is 292 g/mol. The second kappa shape index (κ2) is 4.57. The third-order valence-electron chi connectivity index (χ3n) is 1.99. The molecule has 0 saturated carbocycles. The first-order valence-corrected chi connectivity index (χ1v) is 5.88. The molecule has 4 nitrogen and oxygen atoms in total. The fraction of sp³-hybridized carbons (Fsp3) is 0.556. The number of thiol groups is 1. The second-order valence-electron chi connectivity index (χ2n) is 4.19. The van der Waals surface area contributed by atoms with Crippen LogP contribution in [0.5, 0.6) is 0 Å². The van der Waals surface area contributed by atoms with Gasteiger partial charge in [-0.2, -0.15) is 12.6 Å². The number of H-pyrrole nitrogens is 1. The van der Waals surface area contributed by atoms with E-state index in [4.69, 9.17) is 0 Å². The van der Waals surface area contributed by atoms with Gasteiger partial charge in [-0.25, -0.2) is 4.79 Å². The first-order valence-electron chi connectivity index (χ1n) is 4.46. The lowest BCUT2D eigenvalue weighted by Gasteiger charge is -2.22. The Balaban J connectivity index is 3.12. The van der Waals surface area contributed by atoms with Crippen LogP contribution in [0.15, 0.2) is 20.3 Å². The minimum absolute atomic E-state index is 0.0926. The molecule has 0 aliphatic carbocycles. The molecule has 0 aromatic carbocycles. The van der Waals surface area contributed by atoms with Crippen LogP contribution in [0.4, 0.5) is 0 Å². The fourth-order valence-electron chi connectivity index (χ4n) is 1.11. The van der Waals surface area contributed by atoms with Crippen molar-refractivity contribution in [1.29, 1.82) is 0 Å². The molecule has 0 aliphatic heterocycles. The maximum absolute atomic E-state index is 11.4. The van der Waals surface area contributed by atoms with Crippen LogP contribution in [0.25, 0.3) is 0 Å². The van der Waals surface area contributed by atoms with Gasteiger partial charge in [0.15, 0.2) is 0 Å². The highest BCUT2D eigenvalue weighted by Gasteiger charge is 2.17. The molecule has 1 heterocycles. The Bertz CT molecular complexity index is 464. The van der Waals surface area contributed by atoms with E-state index in [-0.39, 0.29) is 5.41 Å². The normalized spacial score (nSPS) is 11.7. The SMILES string of the molecule is CC(C)(CS)Cn1cc(Br)c(=O)[nH]c1=O. The van der Waals surface area contributed by atoms with Crippen molar-refractivity contribution in [2.45, 2.75) is 20.4 Å². The summed E-state index contributed by atoms with van der Waals surface area (Å²) in [7, 11) is 0. The summed E-state index contributed by atoms with van der Waals surface area (Å²) in [6.07, 6.45) is 1.51. The van der Waals surface area contributed by atoms with E-state index in [0.29, 0.717) is 16.8 Å². The van der Waals surface area contributed by atoms with Gasteiger partial charge in [0.05, 0.1) is 4.47 Å². The van der Waals surface area contributed by atoms with Crippen LogP contribution in [-0.2, 0) is 6.54 Å². The lowest BCUT2D eigenvalue weighted by Crippen LogP contribution is -2.34. The quantitative estimate of drug-likeness (QED) is 0.824. The summed E-state index contributed by atoms with van der Waals surface area (Å²) in [5.41, 5.74) is -0.886. The van der Waals surface area contributed by atoms with Gasteiger partial charge in [-0.1, -0.05) is 13.8 Å². The van der Waals surface area contributed by atoms with Gasteiger partial charge < -0.3 is 0 Å². The van der Waals surface area contributed by atoms with Crippen LogP contribution in [-0.4, -0.2) is 15.3 Å². The van der Waals surface area contributed by atoms with Gasteiger partial charge in [0.25, 0.3) is 5.56 Å². The van der Waals surface area contributed by atoms with Gasteiger partial charge in [0, 0.05) is 12.7 Å². The average Bonchev–Trinajstić information content (AvgIpc) is 2.14. The van der Waals surface area contributed by atoms with Crippen LogP contribution in [0.2, 0.25) is 0 Å². The molecule has 0 radical (unpaired) electrons. The fourth-order valence-corrected chi connectivity index (χ4v) is 1.56. The molecule has 1 N–H and O–H groups in total. The third-order valence-corrected chi connectivity index (χ3v) is 3.41. The smallest absolute Gasteiger partial charge is 0.299 e. The minimum atomic E-state index is -0.403.